The van der Waals surface area contributed by atoms with Gasteiger partial charge in [-0.05, 0) is 49.2 Å². The van der Waals surface area contributed by atoms with Crippen LogP contribution in [0.5, 0.6) is 5.88 Å². The number of fused-ring (bicyclic) bond motifs is 1. The molecule has 5 heteroatoms. The summed E-state index contributed by atoms with van der Waals surface area (Å²) in [5.41, 5.74) is 4.10. The molecule has 0 aliphatic carbocycles. The van der Waals surface area contributed by atoms with E-state index in [-0.39, 0.29) is 12.1 Å². The van der Waals surface area contributed by atoms with Crippen LogP contribution in [0.3, 0.4) is 0 Å². The number of pyridine rings is 1. The first-order valence-electron chi connectivity index (χ1n) is 8.74. The van der Waals surface area contributed by atoms with Crippen LogP contribution >= 0.6 is 0 Å². The molecule has 2 amide bonds. The third-order valence-electron chi connectivity index (χ3n) is 4.75. The summed E-state index contributed by atoms with van der Waals surface area (Å²) < 4.78 is 5.89. The van der Waals surface area contributed by atoms with Gasteiger partial charge >= 0.3 is 6.03 Å². The fraction of sp³-hybridized carbons (Fsp3) is 0.238. The molecule has 0 atom stereocenters. The molecule has 3 aromatic rings. The van der Waals surface area contributed by atoms with Gasteiger partial charge in [-0.1, -0.05) is 24.3 Å². The maximum absolute atomic E-state index is 12.3. The lowest BCUT2D eigenvalue weighted by atomic mass is 10.1. The van der Waals surface area contributed by atoms with E-state index in [0.29, 0.717) is 19.0 Å². The summed E-state index contributed by atoms with van der Waals surface area (Å²) in [6.45, 7) is 5.21. The maximum atomic E-state index is 12.3. The predicted molar refractivity (Wildman–Crippen MR) is 103 cm³/mol. The number of carbonyl (C=O) groups excluding carboxylic acids is 1. The number of nitrogens with zero attached hydrogens (tertiary/aromatic N) is 2. The lowest BCUT2D eigenvalue weighted by Crippen LogP contribution is -2.57. The minimum Gasteiger partial charge on any atom is -0.471 e. The maximum Gasteiger partial charge on any atom is 0.322 e. The van der Waals surface area contributed by atoms with Gasteiger partial charge in [0.1, 0.15) is 6.10 Å². The van der Waals surface area contributed by atoms with E-state index >= 15 is 0 Å². The van der Waals surface area contributed by atoms with E-state index in [1.165, 1.54) is 5.56 Å². The molecule has 1 fully saturated rings. The second-order valence-corrected chi connectivity index (χ2v) is 6.72. The number of urea groups is 1. The van der Waals surface area contributed by atoms with Crippen LogP contribution < -0.4 is 10.1 Å². The Balaban J connectivity index is 1.32. The summed E-state index contributed by atoms with van der Waals surface area (Å²) in [5, 5.41) is 4.02. The molecule has 0 spiro atoms. The number of benzene rings is 2. The van der Waals surface area contributed by atoms with Gasteiger partial charge in [0.2, 0.25) is 5.88 Å². The standard InChI is InChI=1S/C21H21N3O2/c1-14-7-9-17(11-15(14)2)22-21(25)24-12-18(13-24)26-20-10-8-16-5-3-4-6-19(16)23-20/h3-11,18H,12-13H2,1-2H3,(H,22,25). The number of amides is 2. The van der Waals surface area contributed by atoms with E-state index in [1.807, 2.05) is 61.5 Å². The first-order valence-corrected chi connectivity index (χ1v) is 8.74. The van der Waals surface area contributed by atoms with Crippen molar-refractivity contribution in [2.75, 3.05) is 18.4 Å². The van der Waals surface area contributed by atoms with Gasteiger partial charge in [0, 0.05) is 17.1 Å². The number of para-hydroxylation sites is 1. The molecule has 1 aliphatic rings. The van der Waals surface area contributed by atoms with Crippen LogP contribution in [0, 0.1) is 13.8 Å². The molecule has 1 saturated heterocycles. The average Bonchev–Trinajstić information content (AvgIpc) is 2.60. The van der Waals surface area contributed by atoms with Crippen LogP contribution in [0.2, 0.25) is 0 Å². The van der Waals surface area contributed by atoms with Crippen molar-refractivity contribution in [3.05, 3.63) is 65.7 Å². The Morgan fingerprint density at radius 1 is 1.08 bits per heavy atom. The number of aromatic nitrogens is 1. The zero-order valence-electron chi connectivity index (χ0n) is 14.9. The highest BCUT2D eigenvalue weighted by Crippen LogP contribution is 2.21. The molecule has 2 heterocycles. The van der Waals surface area contributed by atoms with Crippen LogP contribution in [0.25, 0.3) is 10.9 Å². The van der Waals surface area contributed by atoms with Crippen molar-refractivity contribution in [2.24, 2.45) is 0 Å². The molecule has 0 bridgehead atoms. The van der Waals surface area contributed by atoms with E-state index < -0.39 is 0 Å². The van der Waals surface area contributed by atoms with Crippen molar-refractivity contribution in [1.29, 1.82) is 0 Å². The van der Waals surface area contributed by atoms with Gasteiger partial charge in [-0.25, -0.2) is 9.78 Å². The second-order valence-electron chi connectivity index (χ2n) is 6.72. The Morgan fingerprint density at radius 2 is 1.88 bits per heavy atom. The van der Waals surface area contributed by atoms with Gasteiger partial charge in [-0.3, -0.25) is 0 Å². The zero-order valence-corrected chi connectivity index (χ0v) is 14.9. The Kier molecular flexibility index (Phi) is 4.21. The smallest absolute Gasteiger partial charge is 0.322 e. The molecule has 1 aliphatic heterocycles. The van der Waals surface area contributed by atoms with E-state index in [0.717, 1.165) is 22.2 Å². The van der Waals surface area contributed by atoms with Crippen molar-refractivity contribution in [2.45, 2.75) is 20.0 Å². The third kappa shape index (κ3) is 3.33. The van der Waals surface area contributed by atoms with Crippen LogP contribution in [0.15, 0.2) is 54.6 Å². The molecule has 5 nitrogen and oxygen atoms in total. The number of nitrogens with one attached hydrogen (secondary N) is 1. The number of aryl methyl sites for hydroxylation is 2. The molecule has 132 valence electrons. The number of likely N-dealkylation sites (tertiary alicyclic amines) is 1. The quantitative estimate of drug-likeness (QED) is 0.774. The van der Waals surface area contributed by atoms with E-state index in [9.17, 15) is 4.79 Å². The topological polar surface area (TPSA) is 54.5 Å². The van der Waals surface area contributed by atoms with Crippen molar-refractivity contribution in [3.8, 4) is 5.88 Å². The molecule has 0 unspecified atom stereocenters. The number of carbonyl (C=O) groups is 1. The largest absolute Gasteiger partial charge is 0.471 e. The minimum atomic E-state index is -0.0976. The minimum absolute atomic E-state index is 0.0193. The van der Waals surface area contributed by atoms with E-state index in [2.05, 4.69) is 17.2 Å². The second kappa shape index (κ2) is 6.67. The molecule has 2 aromatic carbocycles. The Labute approximate surface area is 152 Å². The van der Waals surface area contributed by atoms with Crippen molar-refractivity contribution >= 4 is 22.6 Å². The van der Waals surface area contributed by atoms with Crippen LogP contribution in [0.1, 0.15) is 11.1 Å². The lowest BCUT2D eigenvalue weighted by Gasteiger charge is -2.38. The molecule has 0 radical (unpaired) electrons. The van der Waals surface area contributed by atoms with Gasteiger partial charge in [0.15, 0.2) is 0 Å². The summed E-state index contributed by atoms with van der Waals surface area (Å²) in [6.07, 6.45) is -0.0193. The molecule has 0 saturated carbocycles. The van der Waals surface area contributed by atoms with Crippen molar-refractivity contribution in [3.63, 3.8) is 0 Å². The predicted octanol–water partition coefficient (Wildman–Crippen LogP) is 4.15. The molecular formula is C21H21N3O2. The fourth-order valence-electron chi connectivity index (χ4n) is 2.98. The average molecular weight is 347 g/mol. The summed E-state index contributed by atoms with van der Waals surface area (Å²) in [7, 11) is 0. The monoisotopic (exact) mass is 347 g/mol. The number of hydrogen-bond donors (Lipinski definition) is 1. The summed E-state index contributed by atoms with van der Waals surface area (Å²) >= 11 is 0. The van der Waals surface area contributed by atoms with Gasteiger partial charge in [-0.2, -0.15) is 0 Å². The van der Waals surface area contributed by atoms with E-state index in [4.69, 9.17) is 4.74 Å². The summed E-state index contributed by atoms with van der Waals surface area (Å²) in [6, 6.07) is 17.6. The number of anilines is 1. The van der Waals surface area contributed by atoms with Crippen LogP contribution in [0.4, 0.5) is 10.5 Å². The molecule has 4 rings (SSSR count). The lowest BCUT2D eigenvalue weighted by molar-refractivity contribution is 0.0463. The normalized spacial score (nSPS) is 14.2. The summed E-state index contributed by atoms with van der Waals surface area (Å²) in [5.74, 6) is 0.600. The van der Waals surface area contributed by atoms with E-state index in [1.54, 1.807) is 4.90 Å². The first kappa shape index (κ1) is 16.4. The molecule has 26 heavy (non-hydrogen) atoms. The first-order chi connectivity index (χ1) is 12.6. The van der Waals surface area contributed by atoms with Crippen LogP contribution in [-0.2, 0) is 0 Å². The number of hydrogen-bond acceptors (Lipinski definition) is 3. The Bertz CT molecular complexity index is 964. The molecular weight excluding hydrogens is 326 g/mol. The van der Waals surface area contributed by atoms with Crippen molar-refractivity contribution in [1.82, 2.24) is 9.88 Å². The Hall–Kier alpha value is -3.08. The highest BCUT2D eigenvalue weighted by molar-refractivity contribution is 5.90. The Morgan fingerprint density at radius 3 is 2.69 bits per heavy atom. The zero-order chi connectivity index (χ0) is 18.1. The highest BCUT2D eigenvalue weighted by atomic mass is 16.5. The van der Waals surface area contributed by atoms with Crippen molar-refractivity contribution < 1.29 is 9.53 Å². The van der Waals surface area contributed by atoms with Gasteiger partial charge in [0.25, 0.3) is 0 Å². The summed E-state index contributed by atoms with van der Waals surface area (Å²) in [4.78, 5) is 18.6. The third-order valence-corrected chi connectivity index (χ3v) is 4.75. The SMILES string of the molecule is Cc1ccc(NC(=O)N2CC(Oc3ccc4ccccc4n3)C2)cc1C. The van der Waals surface area contributed by atoms with Gasteiger partial charge in [-0.15, -0.1) is 0 Å². The molecule has 1 N–H and O–H groups in total. The van der Waals surface area contributed by atoms with Gasteiger partial charge in [0.05, 0.1) is 18.6 Å². The number of rotatable bonds is 3. The fourth-order valence-corrected chi connectivity index (χ4v) is 2.98. The molecule has 1 aromatic heterocycles. The van der Waals surface area contributed by atoms with Crippen LogP contribution in [-0.4, -0.2) is 35.1 Å². The van der Waals surface area contributed by atoms with Gasteiger partial charge < -0.3 is 15.0 Å². The highest BCUT2D eigenvalue weighted by Gasteiger charge is 2.32. The number of ether oxygens (including phenoxy) is 1.